The van der Waals surface area contributed by atoms with Crippen molar-refractivity contribution in [2.24, 2.45) is 0 Å². The van der Waals surface area contributed by atoms with Crippen LogP contribution in [-0.4, -0.2) is 384 Å². The number of nitrogens with zero attached hydrogens (tertiary/aromatic N) is 7. The first-order valence-corrected chi connectivity index (χ1v) is 43.4. The van der Waals surface area contributed by atoms with E-state index >= 15 is 0 Å². The number of hydrogen-bond donors (Lipinski definition) is 2. The highest BCUT2D eigenvalue weighted by atomic mass is 32.2. The second-order valence-electron chi connectivity index (χ2n) is 28.0. The molecule has 2 heterocycles. The lowest BCUT2D eigenvalue weighted by molar-refractivity contribution is 0.00964. The number of nitrogens with one attached hydrogen (secondary N) is 2. The van der Waals surface area contributed by atoms with Gasteiger partial charge in [-0.25, -0.2) is 13.1 Å². The van der Waals surface area contributed by atoms with Gasteiger partial charge in [0.05, 0.1) is 174 Å². The van der Waals surface area contributed by atoms with Crippen molar-refractivity contribution in [3.8, 4) is 0 Å². The van der Waals surface area contributed by atoms with E-state index in [2.05, 4.69) is 157 Å². The summed E-state index contributed by atoms with van der Waals surface area (Å²) in [4.78, 5) is 14.1. The third-order valence-electron chi connectivity index (χ3n) is 13.9. The summed E-state index contributed by atoms with van der Waals surface area (Å²) in [6, 6.07) is 0. The van der Waals surface area contributed by atoms with Gasteiger partial charge in [-0.3, -0.25) is 9.80 Å². The molecule has 0 saturated carbocycles. The molecule has 0 unspecified atom stereocenters. The van der Waals surface area contributed by atoms with Crippen molar-refractivity contribution in [1.82, 2.24) is 43.1 Å². The van der Waals surface area contributed by atoms with Crippen LogP contribution in [0.1, 0.15) is 179 Å². The summed E-state index contributed by atoms with van der Waals surface area (Å²) in [5, 5.41) is 0. The van der Waals surface area contributed by atoms with Crippen LogP contribution < -0.4 is 9.44 Å². The van der Waals surface area contributed by atoms with Gasteiger partial charge >= 0.3 is 0 Å². The van der Waals surface area contributed by atoms with E-state index in [-0.39, 0.29) is 18.8 Å². The quantitative estimate of drug-likeness (QED) is 0.0539. The molecule has 0 amide bonds. The Morgan fingerprint density at radius 2 is 0.642 bits per heavy atom. The summed E-state index contributed by atoms with van der Waals surface area (Å²) in [5.74, 6) is 0. The van der Waals surface area contributed by atoms with E-state index in [9.17, 15) is 16.8 Å². The molecule has 0 spiro atoms. The lowest BCUT2D eigenvalue weighted by atomic mass is 10.3. The van der Waals surface area contributed by atoms with Crippen molar-refractivity contribution in [2.45, 2.75) is 234 Å². The molecule has 650 valence electrons. The van der Waals surface area contributed by atoms with E-state index in [1.165, 1.54) is 40.3 Å². The molecule has 0 aliphatic carbocycles. The third kappa shape index (κ3) is 114. The molecule has 0 atom stereocenters. The van der Waals surface area contributed by atoms with Crippen LogP contribution in [0.5, 0.6) is 0 Å². The summed E-state index contributed by atoms with van der Waals surface area (Å²) in [5.41, 5.74) is 0. The van der Waals surface area contributed by atoms with Gasteiger partial charge in [0, 0.05) is 112 Å². The van der Waals surface area contributed by atoms with Crippen LogP contribution in [0.25, 0.3) is 0 Å². The molecule has 0 aromatic rings. The van der Waals surface area contributed by atoms with Crippen LogP contribution in [0.4, 0.5) is 0 Å². The smallest absolute Gasteiger partial charge is 0.279 e. The molecule has 2 rings (SSSR count). The number of morpholine rings is 1. The van der Waals surface area contributed by atoms with E-state index in [1.54, 1.807) is 0 Å². The molecule has 0 bridgehead atoms. The molecule has 2 aliphatic heterocycles. The number of likely N-dealkylation sites (N-methyl/N-ethyl adjacent to an activating group) is 4. The van der Waals surface area contributed by atoms with Crippen LogP contribution in [-0.2, 0) is 86.5 Å². The number of hydrogen-bond acceptors (Lipinski definition) is 24. The Morgan fingerprint density at radius 3 is 0.953 bits per heavy atom. The van der Waals surface area contributed by atoms with Gasteiger partial charge in [-0.1, -0.05) is 41.5 Å². The van der Waals surface area contributed by atoms with Crippen LogP contribution in [0.3, 0.4) is 0 Å². The second kappa shape index (κ2) is 86.4. The lowest BCUT2D eigenvalue weighted by Gasteiger charge is -2.32. The summed E-state index contributed by atoms with van der Waals surface area (Å²) in [7, 11) is 2.79. The summed E-state index contributed by atoms with van der Waals surface area (Å²) in [6.07, 6.45) is 6.21. The maximum absolute atomic E-state index is 11.2. The van der Waals surface area contributed by atoms with Crippen molar-refractivity contribution in [1.29, 1.82) is 0 Å². The van der Waals surface area contributed by atoms with Gasteiger partial charge in [0.2, 0.25) is 10.0 Å². The fourth-order valence-electron chi connectivity index (χ4n) is 7.84. The van der Waals surface area contributed by atoms with Crippen LogP contribution >= 0.6 is 0 Å². The Balaban J connectivity index is -0.000000210. The predicted molar refractivity (Wildman–Crippen MR) is 442 cm³/mol. The molecule has 2 N–H and O–H groups in total. The van der Waals surface area contributed by atoms with Crippen molar-refractivity contribution in [3.05, 3.63) is 0 Å². The molecule has 2 aliphatic rings. The molecule has 0 radical (unpaired) electrons. The fourth-order valence-corrected chi connectivity index (χ4v) is 8.89. The first kappa shape index (κ1) is 118. The largest absolute Gasteiger partial charge is 0.379 e. The van der Waals surface area contributed by atoms with Crippen molar-refractivity contribution < 1.29 is 83.2 Å². The Kier molecular flexibility index (Phi) is 96.4. The standard InChI is InChI=1S/C11H25NO2.C10H22N2O.C9H22N2O4S.C9H19NO2.C9H21NO.C8H19NO4S.C8H18O2.C7H17NO.C6H14O/c1-5-12(6-2)7-8-13-9-10-14-11(3)4;1-10(2)13-9-8-12-6-4-11(3)5-7-12;1-9(2)15-8-7-14-6-5-10-16(12,13)11(3)4;1-9(2)12-8-5-10-3-6-11-7-4-10;1-5-10(6-2)7-8-11-9(3)4;1-8(2)13-7-6-12-5-4-9-14(3,10)11;1-4-5-9-6-7-10-8(2)3;1-7(2)9-6-5-8(3)4;1-4-5-7-6(2)3/h11H,5-10H2,1-4H3;10H,4-9H2,1-3H3;9-10H,5-8H2,1-4H3;9H,3-8H2,1-2H3;9H,5-8H2,1-4H3;8-9H,4-7H2,1-3H3;8H,4-7H2,1-3H3;7H,5-6H2,1-4H3;6H,4-5H2,1-3H3. The third-order valence-corrected chi connectivity index (χ3v) is 16.2. The van der Waals surface area contributed by atoms with Crippen molar-refractivity contribution >= 4 is 20.2 Å². The van der Waals surface area contributed by atoms with Gasteiger partial charge in [0.1, 0.15) is 0 Å². The average molecular weight is 1580 g/mol. The predicted octanol–water partition coefficient (Wildman–Crippen LogP) is 9.36. The van der Waals surface area contributed by atoms with Gasteiger partial charge in [0.15, 0.2) is 0 Å². The zero-order chi connectivity index (χ0) is 82.4. The Hall–Kier alpha value is -1.02. The minimum Gasteiger partial charge on any atom is -0.379 e. The normalized spacial score (nSPS) is 13.8. The SMILES string of the molecule is CC(C)OCCN(C)C.CC(C)OCCN1CCN(C)CC1.CC(C)OCCN1CCOCC1.CC(C)OCCOCCNS(=O)(=O)N(C)C.CC(C)OCCOCCNS(C)(=O)=O.CCCOC(C)C.CCCOCCOC(C)C.CCN(CC)CCOC(C)C.CCN(CC)CCOCCOC(C)C. The lowest BCUT2D eigenvalue weighted by Crippen LogP contribution is -2.45. The Morgan fingerprint density at radius 1 is 0.349 bits per heavy atom. The van der Waals surface area contributed by atoms with Crippen molar-refractivity contribution in [2.75, 3.05) is 278 Å². The molecule has 27 nitrogen and oxygen atoms in total. The van der Waals surface area contributed by atoms with Crippen molar-refractivity contribution in [3.63, 3.8) is 0 Å². The molecule has 2 saturated heterocycles. The maximum atomic E-state index is 11.2. The van der Waals surface area contributed by atoms with Gasteiger partial charge < -0.3 is 85.9 Å². The molecule has 106 heavy (non-hydrogen) atoms. The summed E-state index contributed by atoms with van der Waals surface area (Å²) >= 11 is 0. The topological polar surface area (TPSA) is 244 Å². The number of sulfonamides is 1. The Labute approximate surface area is 655 Å². The average Bonchev–Trinajstić information content (AvgIpc) is 0.921. The molecule has 2 fully saturated rings. The Bertz CT molecular complexity index is 1880. The monoisotopic (exact) mass is 1580 g/mol. The van der Waals surface area contributed by atoms with Crippen LogP contribution in [0, 0.1) is 0 Å². The minimum absolute atomic E-state index is 0.191. The van der Waals surface area contributed by atoms with E-state index in [1.807, 2.05) is 69.5 Å². The molecule has 29 heteroatoms. The zero-order valence-electron chi connectivity index (χ0n) is 74.4. The molecular formula is C77H177N9O18S2. The fraction of sp³-hybridized carbons (Fsp3) is 1.00. The van der Waals surface area contributed by atoms with Gasteiger partial charge in [0.25, 0.3) is 10.2 Å². The summed E-state index contributed by atoms with van der Waals surface area (Å²) in [6.45, 7) is 80.0. The molecule has 0 aromatic heterocycles. The molecule has 0 aromatic carbocycles. The first-order chi connectivity index (χ1) is 49.8. The van der Waals surface area contributed by atoms with E-state index in [4.69, 9.17) is 66.3 Å². The van der Waals surface area contributed by atoms with Gasteiger partial charge in [-0.2, -0.15) is 17.4 Å². The van der Waals surface area contributed by atoms with Crippen LogP contribution in [0.15, 0.2) is 0 Å². The second-order valence-corrected chi connectivity index (χ2v) is 31.8. The van der Waals surface area contributed by atoms with Crippen LogP contribution in [0.2, 0.25) is 0 Å². The van der Waals surface area contributed by atoms with E-state index in [0.717, 1.165) is 168 Å². The minimum atomic E-state index is -3.33. The zero-order valence-corrected chi connectivity index (χ0v) is 76.0. The first-order valence-electron chi connectivity index (χ1n) is 40.1. The van der Waals surface area contributed by atoms with Gasteiger partial charge in [-0.15, -0.1) is 0 Å². The van der Waals surface area contributed by atoms with Gasteiger partial charge in [-0.05, 0) is 185 Å². The number of piperazine rings is 1. The summed E-state index contributed by atoms with van der Waals surface area (Å²) < 4.78 is 124. The van der Waals surface area contributed by atoms with E-state index in [0.29, 0.717) is 102 Å². The highest BCUT2D eigenvalue weighted by Crippen LogP contribution is 2.01. The maximum Gasteiger partial charge on any atom is 0.279 e. The number of rotatable bonds is 53. The number of ether oxygens (including phenoxy) is 14. The molecular weight excluding hydrogens is 1400 g/mol. The van der Waals surface area contributed by atoms with E-state index < -0.39 is 20.2 Å². The highest BCUT2D eigenvalue weighted by molar-refractivity contribution is 7.88. The highest BCUT2D eigenvalue weighted by Gasteiger charge is 2.14.